The van der Waals surface area contributed by atoms with E-state index in [-0.39, 0.29) is 5.91 Å². The number of piperidine rings is 1. The molecule has 144 valence electrons. The average Bonchev–Trinajstić information content (AvgIpc) is 2.66. The Morgan fingerprint density at radius 3 is 2.30 bits per heavy atom. The number of likely N-dealkylation sites (tertiary alicyclic amines) is 1. The van der Waals surface area contributed by atoms with E-state index < -0.39 is 6.10 Å². The molecule has 2 aromatic rings. The number of rotatable bonds is 6. The second-order valence-corrected chi connectivity index (χ2v) is 7.80. The van der Waals surface area contributed by atoms with Gasteiger partial charge >= 0.3 is 0 Å². The summed E-state index contributed by atoms with van der Waals surface area (Å²) in [5, 5.41) is 0. The minimum absolute atomic E-state index is 0.134. The standard InChI is InChI=1S/C24H31NO2/c1-4-23(27-22-15-18(2)14-19(3)16-22)24(26)25-12-10-21(11-13-25)17-20-8-6-5-7-9-20/h5-9,14-16,21,23H,4,10-13,17H2,1-3H3. The van der Waals surface area contributed by atoms with Gasteiger partial charge in [0.15, 0.2) is 6.10 Å². The van der Waals surface area contributed by atoms with Crippen molar-refractivity contribution in [3.05, 3.63) is 65.2 Å². The molecule has 1 fully saturated rings. The lowest BCUT2D eigenvalue weighted by atomic mass is 9.90. The zero-order valence-electron chi connectivity index (χ0n) is 16.8. The van der Waals surface area contributed by atoms with E-state index in [1.54, 1.807) is 0 Å². The van der Waals surface area contributed by atoms with Gasteiger partial charge in [0.05, 0.1) is 0 Å². The Labute approximate surface area is 163 Å². The maximum absolute atomic E-state index is 13.0. The zero-order chi connectivity index (χ0) is 19.2. The molecule has 0 aromatic heterocycles. The Balaban J connectivity index is 1.55. The molecule has 1 unspecified atom stereocenters. The topological polar surface area (TPSA) is 29.5 Å². The van der Waals surface area contributed by atoms with E-state index in [2.05, 4.69) is 50.2 Å². The van der Waals surface area contributed by atoms with Crippen LogP contribution in [0.25, 0.3) is 0 Å². The molecule has 0 bridgehead atoms. The first kappa shape index (κ1) is 19.5. The van der Waals surface area contributed by atoms with Gasteiger partial charge in [-0.15, -0.1) is 0 Å². The van der Waals surface area contributed by atoms with Gasteiger partial charge in [0, 0.05) is 13.1 Å². The van der Waals surface area contributed by atoms with Gasteiger partial charge in [0.1, 0.15) is 5.75 Å². The van der Waals surface area contributed by atoms with E-state index >= 15 is 0 Å². The molecule has 0 saturated carbocycles. The Hall–Kier alpha value is -2.29. The van der Waals surface area contributed by atoms with Crippen molar-refractivity contribution in [2.24, 2.45) is 5.92 Å². The first-order valence-electron chi connectivity index (χ1n) is 10.1. The lowest BCUT2D eigenvalue weighted by molar-refractivity contribution is -0.140. The maximum atomic E-state index is 13.0. The number of hydrogen-bond acceptors (Lipinski definition) is 2. The molecular formula is C24H31NO2. The number of carbonyl (C=O) groups is 1. The summed E-state index contributed by atoms with van der Waals surface area (Å²) in [4.78, 5) is 15.0. The van der Waals surface area contributed by atoms with Crippen LogP contribution in [0.15, 0.2) is 48.5 Å². The summed E-state index contributed by atoms with van der Waals surface area (Å²) in [5.74, 6) is 1.60. The van der Waals surface area contributed by atoms with Crippen LogP contribution in [0.4, 0.5) is 0 Å². The predicted molar refractivity (Wildman–Crippen MR) is 110 cm³/mol. The lowest BCUT2D eigenvalue weighted by Gasteiger charge is -2.34. The number of ether oxygens (including phenoxy) is 1. The van der Waals surface area contributed by atoms with Crippen molar-refractivity contribution in [2.75, 3.05) is 13.1 Å². The number of aryl methyl sites for hydroxylation is 2. The molecule has 1 saturated heterocycles. The monoisotopic (exact) mass is 365 g/mol. The van der Waals surface area contributed by atoms with Crippen molar-refractivity contribution in [1.82, 2.24) is 4.90 Å². The summed E-state index contributed by atoms with van der Waals surface area (Å²) in [6.45, 7) is 7.81. The highest BCUT2D eigenvalue weighted by Crippen LogP contribution is 2.24. The molecule has 0 radical (unpaired) electrons. The molecule has 1 aliphatic heterocycles. The maximum Gasteiger partial charge on any atom is 0.263 e. The fourth-order valence-electron chi connectivity index (χ4n) is 3.98. The van der Waals surface area contributed by atoms with Crippen molar-refractivity contribution >= 4 is 5.91 Å². The van der Waals surface area contributed by atoms with Crippen LogP contribution in [-0.4, -0.2) is 30.0 Å². The normalized spacial score (nSPS) is 16.2. The molecule has 0 N–H and O–H groups in total. The first-order valence-corrected chi connectivity index (χ1v) is 10.1. The summed E-state index contributed by atoms with van der Waals surface area (Å²) < 4.78 is 6.07. The third-order valence-corrected chi connectivity index (χ3v) is 5.41. The quantitative estimate of drug-likeness (QED) is 0.725. The van der Waals surface area contributed by atoms with E-state index in [4.69, 9.17) is 4.74 Å². The lowest BCUT2D eigenvalue weighted by Crippen LogP contribution is -2.45. The van der Waals surface area contributed by atoms with Crippen molar-refractivity contribution in [1.29, 1.82) is 0 Å². The fourth-order valence-corrected chi connectivity index (χ4v) is 3.98. The molecular weight excluding hydrogens is 334 g/mol. The molecule has 3 nitrogen and oxygen atoms in total. The number of carbonyl (C=O) groups excluding carboxylic acids is 1. The van der Waals surface area contributed by atoms with Gasteiger partial charge in [0.25, 0.3) is 5.91 Å². The van der Waals surface area contributed by atoms with Crippen LogP contribution in [0.2, 0.25) is 0 Å². The molecule has 3 heteroatoms. The minimum Gasteiger partial charge on any atom is -0.481 e. The second-order valence-electron chi connectivity index (χ2n) is 7.80. The zero-order valence-corrected chi connectivity index (χ0v) is 16.8. The van der Waals surface area contributed by atoms with Crippen LogP contribution in [0, 0.1) is 19.8 Å². The van der Waals surface area contributed by atoms with Crippen molar-refractivity contribution < 1.29 is 9.53 Å². The van der Waals surface area contributed by atoms with Gasteiger partial charge in [-0.2, -0.15) is 0 Å². The van der Waals surface area contributed by atoms with Crippen molar-refractivity contribution in [3.63, 3.8) is 0 Å². The van der Waals surface area contributed by atoms with Gasteiger partial charge < -0.3 is 9.64 Å². The van der Waals surface area contributed by atoms with Crippen LogP contribution in [0.3, 0.4) is 0 Å². The van der Waals surface area contributed by atoms with E-state index in [0.29, 0.717) is 12.3 Å². The van der Waals surface area contributed by atoms with Gasteiger partial charge in [0.2, 0.25) is 0 Å². The minimum atomic E-state index is -0.392. The van der Waals surface area contributed by atoms with E-state index in [1.165, 1.54) is 5.56 Å². The Morgan fingerprint density at radius 2 is 1.70 bits per heavy atom. The fraction of sp³-hybridized carbons (Fsp3) is 0.458. The smallest absolute Gasteiger partial charge is 0.263 e. The highest BCUT2D eigenvalue weighted by Gasteiger charge is 2.28. The van der Waals surface area contributed by atoms with Gasteiger partial charge in [-0.3, -0.25) is 4.79 Å². The second kappa shape index (κ2) is 9.07. The molecule has 2 aromatic carbocycles. The molecule has 1 heterocycles. The third kappa shape index (κ3) is 5.35. The predicted octanol–water partition coefficient (Wildman–Crippen LogP) is 4.94. The van der Waals surface area contributed by atoms with E-state index in [0.717, 1.165) is 49.2 Å². The van der Waals surface area contributed by atoms with Crippen LogP contribution >= 0.6 is 0 Å². The molecule has 1 amide bonds. The van der Waals surface area contributed by atoms with Crippen molar-refractivity contribution in [3.8, 4) is 5.75 Å². The van der Waals surface area contributed by atoms with Crippen LogP contribution in [0.1, 0.15) is 42.9 Å². The summed E-state index contributed by atoms with van der Waals surface area (Å²) in [6.07, 6.45) is 3.55. The average molecular weight is 366 g/mol. The Morgan fingerprint density at radius 1 is 1.07 bits per heavy atom. The summed E-state index contributed by atoms with van der Waals surface area (Å²) in [6, 6.07) is 16.8. The van der Waals surface area contributed by atoms with E-state index in [9.17, 15) is 4.79 Å². The van der Waals surface area contributed by atoms with E-state index in [1.807, 2.05) is 24.0 Å². The van der Waals surface area contributed by atoms with Gasteiger partial charge in [-0.05, 0) is 74.3 Å². The summed E-state index contributed by atoms with van der Waals surface area (Å²) >= 11 is 0. The van der Waals surface area contributed by atoms with Crippen LogP contribution in [-0.2, 0) is 11.2 Å². The first-order chi connectivity index (χ1) is 13.0. The molecule has 1 atom stereocenters. The summed E-state index contributed by atoms with van der Waals surface area (Å²) in [5.41, 5.74) is 3.72. The van der Waals surface area contributed by atoms with Gasteiger partial charge in [-0.25, -0.2) is 0 Å². The molecule has 0 spiro atoms. The number of amides is 1. The SMILES string of the molecule is CCC(Oc1cc(C)cc(C)c1)C(=O)N1CCC(Cc2ccccc2)CC1. The van der Waals surface area contributed by atoms with Crippen LogP contribution in [0.5, 0.6) is 5.75 Å². The third-order valence-electron chi connectivity index (χ3n) is 5.41. The molecule has 0 aliphatic carbocycles. The number of nitrogens with zero attached hydrogens (tertiary/aromatic N) is 1. The number of hydrogen-bond donors (Lipinski definition) is 0. The van der Waals surface area contributed by atoms with Crippen molar-refractivity contribution in [2.45, 2.75) is 52.6 Å². The Bertz CT molecular complexity index is 728. The Kier molecular flexibility index (Phi) is 6.54. The largest absolute Gasteiger partial charge is 0.481 e. The summed E-state index contributed by atoms with van der Waals surface area (Å²) in [7, 11) is 0. The molecule has 3 rings (SSSR count). The van der Waals surface area contributed by atoms with Crippen LogP contribution < -0.4 is 4.74 Å². The van der Waals surface area contributed by atoms with Gasteiger partial charge in [-0.1, -0.05) is 43.3 Å². The highest BCUT2D eigenvalue weighted by molar-refractivity contribution is 5.81. The highest BCUT2D eigenvalue weighted by atomic mass is 16.5. The molecule has 1 aliphatic rings. The molecule has 27 heavy (non-hydrogen) atoms. The number of benzene rings is 2.